The summed E-state index contributed by atoms with van der Waals surface area (Å²) in [6, 6.07) is 0.305. The van der Waals surface area contributed by atoms with Crippen LogP contribution in [0.2, 0.25) is 0 Å². The number of aromatic nitrogens is 2. The number of anilines is 1. The van der Waals surface area contributed by atoms with Gasteiger partial charge in [-0.05, 0) is 32.1 Å². The molecule has 1 aromatic rings. The van der Waals surface area contributed by atoms with Gasteiger partial charge in [0, 0.05) is 11.7 Å². The zero-order valence-corrected chi connectivity index (χ0v) is 13.7. The first-order valence-electron chi connectivity index (χ1n) is 7.22. The minimum Gasteiger partial charge on any atom is -0.401 e. The van der Waals surface area contributed by atoms with Crippen LogP contribution in [0.25, 0.3) is 0 Å². The molecule has 3 N–H and O–H groups in total. The van der Waals surface area contributed by atoms with Gasteiger partial charge < -0.3 is 11.1 Å². The van der Waals surface area contributed by atoms with Gasteiger partial charge in [0.05, 0.1) is 10.6 Å². The highest BCUT2D eigenvalue weighted by Crippen LogP contribution is 2.48. The van der Waals surface area contributed by atoms with Gasteiger partial charge >= 0.3 is 0 Å². The Bertz CT molecular complexity index is 645. The topological polar surface area (TPSA) is 76.2 Å². The van der Waals surface area contributed by atoms with Gasteiger partial charge in [0.15, 0.2) is 5.82 Å². The van der Waals surface area contributed by atoms with Crippen LogP contribution >= 0.6 is 11.8 Å². The molecule has 3 rings (SSSR count). The molecular formula is C15H21N5S. The number of thioether (sulfide) groups is 1. The lowest BCUT2D eigenvalue weighted by molar-refractivity contribution is 0.371. The first kappa shape index (κ1) is 14.4. The van der Waals surface area contributed by atoms with Crippen LogP contribution in [0.4, 0.5) is 11.5 Å². The third-order valence-corrected chi connectivity index (χ3v) is 4.72. The van der Waals surface area contributed by atoms with Crippen molar-refractivity contribution in [2.75, 3.05) is 5.32 Å². The maximum Gasteiger partial charge on any atom is 0.156 e. The lowest BCUT2D eigenvalue weighted by atomic mass is 9.78. The van der Waals surface area contributed by atoms with E-state index in [9.17, 15) is 0 Å². The largest absolute Gasteiger partial charge is 0.401 e. The van der Waals surface area contributed by atoms with Crippen LogP contribution in [0.3, 0.4) is 0 Å². The number of nitrogens with one attached hydrogen (secondary N) is 1. The number of allylic oxidation sites excluding steroid dienone is 2. The van der Waals surface area contributed by atoms with Crippen molar-refractivity contribution in [3.63, 3.8) is 0 Å². The van der Waals surface area contributed by atoms with Crippen molar-refractivity contribution in [2.45, 2.75) is 51.6 Å². The van der Waals surface area contributed by atoms with E-state index in [0.717, 1.165) is 45.7 Å². The average molecular weight is 303 g/mol. The van der Waals surface area contributed by atoms with Gasteiger partial charge in [0.25, 0.3) is 0 Å². The lowest BCUT2D eigenvalue weighted by Gasteiger charge is -2.34. The minimum absolute atomic E-state index is 0.158. The summed E-state index contributed by atoms with van der Waals surface area (Å²) in [4.78, 5) is 14.6. The molecule has 21 heavy (non-hydrogen) atoms. The summed E-state index contributed by atoms with van der Waals surface area (Å²) in [7, 11) is 0. The molecule has 0 unspecified atom stereocenters. The summed E-state index contributed by atoms with van der Waals surface area (Å²) in [5, 5.41) is 4.23. The highest BCUT2D eigenvalue weighted by Gasteiger charge is 2.34. The van der Waals surface area contributed by atoms with E-state index < -0.39 is 0 Å². The molecule has 0 radical (unpaired) electrons. The Morgan fingerprint density at radius 1 is 1.29 bits per heavy atom. The first-order valence-corrected chi connectivity index (χ1v) is 8.03. The fourth-order valence-electron chi connectivity index (χ4n) is 2.74. The van der Waals surface area contributed by atoms with Gasteiger partial charge in [0.2, 0.25) is 0 Å². The van der Waals surface area contributed by atoms with E-state index in [0.29, 0.717) is 6.04 Å². The molecule has 1 aliphatic carbocycles. The monoisotopic (exact) mass is 303 g/mol. The number of fused-ring (bicyclic) bond motifs is 2. The molecule has 1 aliphatic heterocycles. The molecule has 112 valence electrons. The van der Waals surface area contributed by atoms with Crippen LogP contribution in [-0.2, 0) is 0 Å². The van der Waals surface area contributed by atoms with E-state index in [-0.39, 0.29) is 5.41 Å². The smallest absolute Gasteiger partial charge is 0.156 e. The number of rotatable bonds is 2. The first-order chi connectivity index (χ1) is 9.85. The third-order valence-electron chi connectivity index (χ3n) is 3.53. The van der Waals surface area contributed by atoms with E-state index in [2.05, 4.69) is 43.0 Å². The van der Waals surface area contributed by atoms with Crippen LogP contribution in [0.5, 0.6) is 0 Å². The highest BCUT2D eigenvalue weighted by atomic mass is 32.2. The summed E-state index contributed by atoms with van der Waals surface area (Å²) in [6.45, 7) is 8.64. The molecular weight excluding hydrogens is 282 g/mol. The van der Waals surface area contributed by atoms with Gasteiger partial charge in [-0.3, -0.25) is 0 Å². The van der Waals surface area contributed by atoms with Crippen LogP contribution in [0.1, 0.15) is 40.5 Å². The molecule has 0 atom stereocenters. The van der Waals surface area contributed by atoms with E-state index in [1.54, 1.807) is 18.1 Å². The minimum atomic E-state index is 0.158. The molecule has 6 heteroatoms. The fourth-order valence-corrected chi connectivity index (χ4v) is 3.71. The fraction of sp³-hybridized carbons (Fsp3) is 0.533. The Balaban J connectivity index is 2.08. The maximum absolute atomic E-state index is 6.26. The second-order valence-electron chi connectivity index (χ2n) is 6.71. The third kappa shape index (κ3) is 2.77. The molecule has 0 bridgehead atoms. The van der Waals surface area contributed by atoms with Crippen molar-refractivity contribution < 1.29 is 0 Å². The Labute approximate surface area is 129 Å². The van der Waals surface area contributed by atoms with Crippen LogP contribution < -0.4 is 11.1 Å². The van der Waals surface area contributed by atoms with Crippen LogP contribution in [-0.4, -0.2) is 21.7 Å². The van der Waals surface area contributed by atoms with Gasteiger partial charge in [0.1, 0.15) is 17.0 Å². The zero-order chi connectivity index (χ0) is 15.2. The van der Waals surface area contributed by atoms with Gasteiger partial charge in [-0.2, -0.15) is 0 Å². The highest BCUT2D eigenvalue weighted by molar-refractivity contribution is 8.04. The van der Waals surface area contributed by atoms with Crippen LogP contribution in [0, 0.1) is 5.41 Å². The summed E-state index contributed by atoms with van der Waals surface area (Å²) in [5.41, 5.74) is 9.27. The van der Waals surface area contributed by atoms with Crippen LogP contribution in [0.15, 0.2) is 26.9 Å². The van der Waals surface area contributed by atoms with E-state index >= 15 is 0 Å². The van der Waals surface area contributed by atoms with Crippen molar-refractivity contribution in [3.05, 3.63) is 16.9 Å². The molecule has 0 saturated carbocycles. The van der Waals surface area contributed by atoms with Crippen molar-refractivity contribution in [2.24, 2.45) is 16.1 Å². The predicted octanol–water partition coefficient (Wildman–Crippen LogP) is 3.47. The normalized spacial score (nSPS) is 20.0. The number of hydrogen-bond donors (Lipinski definition) is 2. The second kappa shape index (κ2) is 5.02. The summed E-state index contributed by atoms with van der Waals surface area (Å²) >= 11 is 1.62. The number of nitrogens with two attached hydrogens (primary N) is 1. The molecule has 1 aromatic heterocycles. The predicted molar refractivity (Wildman–Crippen MR) is 88.0 cm³/mol. The SMILES string of the molecule is CC(C)Nc1ncnc2c1N=C1CC(C)(C)CC(N)=C1S2. The van der Waals surface area contributed by atoms with E-state index in [4.69, 9.17) is 10.7 Å². The zero-order valence-electron chi connectivity index (χ0n) is 12.9. The molecule has 0 amide bonds. The molecule has 2 heterocycles. The van der Waals surface area contributed by atoms with Crippen molar-refractivity contribution in [1.29, 1.82) is 0 Å². The molecule has 0 saturated heterocycles. The van der Waals surface area contributed by atoms with Gasteiger partial charge in [-0.15, -0.1) is 0 Å². The summed E-state index contributed by atoms with van der Waals surface area (Å²) < 4.78 is 0. The number of nitrogens with zero attached hydrogens (tertiary/aromatic N) is 3. The lowest BCUT2D eigenvalue weighted by Crippen LogP contribution is -2.28. The molecule has 2 aliphatic rings. The van der Waals surface area contributed by atoms with Crippen molar-refractivity contribution >= 4 is 29.0 Å². The Morgan fingerprint density at radius 2 is 2.05 bits per heavy atom. The van der Waals surface area contributed by atoms with Gasteiger partial charge in [-0.1, -0.05) is 25.6 Å². The number of hydrogen-bond acceptors (Lipinski definition) is 6. The van der Waals surface area contributed by atoms with E-state index in [1.807, 2.05) is 0 Å². The number of aliphatic imine (C=N–C) groups is 1. The van der Waals surface area contributed by atoms with E-state index in [1.165, 1.54) is 0 Å². The average Bonchev–Trinajstić information content (AvgIpc) is 2.36. The Morgan fingerprint density at radius 3 is 2.76 bits per heavy atom. The maximum atomic E-state index is 6.26. The quantitative estimate of drug-likeness (QED) is 0.818. The summed E-state index contributed by atoms with van der Waals surface area (Å²) in [6.07, 6.45) is 3.43. The van der Waals surface area contributed by atoms with Crippen molar-refractivity contribution in [1.82, 2.24) is 9.97 Å². The summed E-state index contributed by atoms with van der Waals surface area (Å²) in [5.74, 6) is 0.802. The molecule has 0 spiro atoms. The Kier molecular flexibility index (Phi) is 3.43. The second-order valence-corrected chi connectivity index (χ2v) is 7.71. The molecule has 0 fully saturated rings. The Hall–Kier alpha value is -1.56. The molecule has 0 aromatic carbocycles. The van der Waals surface area contributed by atoms with Crippen molar-refractivity contribution in [3.8, 4) is 0 Å². The van der Waals surface area contributed by atoms with Gasteiger partial charge in [-0.25, -0.2) is 15.0 Å². The molecule has 5 nitrogen and oxygen atoms in total. The standard InChI is InChI=1S/C15H21N5S/c1-8(2)19-13-11-14(18-7-17-13)21-12-9(16)5-15(3,4)6-10(12)20-11/h7-8H,5-6,16H2,1-4H3,(H,17,18,19).